The molecule has 0 aliphatic carbocycles. The van der Waals surface area contributed by atoms with Crippen molar-refractivity contribution in [3.8, 4) is 0 Å². The maximum atomic E-state index is 12.0. The average Bonchev–Trinajstić information content (AvgIpc) is 2.66. The fraction of sp³-hybridized carbons (Fsp3) is 0.615. The molecule has 1 amide bonds. The number of hydrogen-bond donors (Lipinski definition) is 1. The highest BCUT2D eigenvalue weighted by atomic mass is 79.9. The Hall–Kier alpha value is -0.810. The molecule has 0 aromatic carbocycles. The van der Waals surface area contributed by atoms with Gasteiger partial charge in [-0.2, -0.15) is 0 Å². The lowest BCUT2D eigenvalue weighted by molar-refractivity contribution is 0.0743. The maximum Gasteiger partial charge on any atom is 0.268 e. The fourth-order valence-corrected chi connectivity index (χ4v) is 2.04. The van der Waals surface area contributed by atoms with E-state index in [1.807, 2.05) is 44.5 Å². The smallest absolute Gasteiger partial charge is 0.268 e. The number of aromatic nitrogens is 1. The molecule has 0 saturated carbocycles. The summed E-state index contributed by atoms with van der Waals surface area (Å²) in [5.41, 5.74) is 0.668. The molecule has 4 nitrogen and oxygen atoms in total. The van der Waals surface area contributed by atoms with E-state index in [9.17, 15) is 4.79 Å². The molecule has 18 heavy (non-hydrogen) atoms. The summed E-state index contributed by atoms with van der Waals surface area (Å²) >= 11 is 3.39. The number of nitrogens with zero attached hydrogens (tertiary/aromatic N) is 1. The molecule has 0 saturated heterocycles. The zero-order valence-corrected chi connectivity index (χ0v) is 13.0. The molecule has 1 aromatic rings. The molecule has 0 fully saturated rings. The van der Waals surface area contributed by atoms with E-state index in [1.54, 1.807) is 0 Å². The monoisotopic (exact) mass is 316 g/mol. The Morgan fingerprint density at radius 2 is 2.11 bits per heavy atom. The minimum Gasteiger partial charge on any atom is -0.377 e. The van der Waals surface area contributed by atoms with Gasteiger partial charge in [0.25, 0.3) is 5.91 Å². The summed E-state index contributed by atoms with van der Waals surface area (Å²) in [7, 11) is 0. The highest BCUT2D eigenvalue weighted by Gasteiger charge is 2.14. The molecule has 0 aliphatic heterocycles. The zero-order chi connectivity index (χ0) is 13.7. The Balaban J connectivity index is 2.56. The third kappa shape index (κ3) is 4.46. The molecule has 102 valence electrons. The van der Waals surface area contributed by atoms with Crippen LogP contribution in [0.15, 0.2) is 16.7 Å². The summed E-state index contributed by atoms with van der Waals surface area (Å²) < 4.78 is 8.24. The number of ether oxygens (including phenoxy) is 1. The minimum atomic E-state index is -0.0678. The van der Waals surface area contributed by atoms with Gasteiger partial charge in [-0.05, 0) is 49.7 Å². The van der Waals surface area contributed by atoms with Crippen LogP contribution in [0.2, 0.25) is 0 Å². The van der Waals surface area contributed by atoms with Crippen LogP contribution in [-0.4, -0.2) is 29.7 Å². The average molecular weight is 317 g/mol. The summed E-state index contributed by atoms with van der Waals surface area (Å²) in [4.78, 5) is 12.0. The fourth-order valence-electron chi connectivity index (χ4n) is 1.60. The molecule has 0 atom stereocenters. The van der Waals surface area contributed by atoms with E-state index in [0.717, 1.165) is 4.47 Å². The molecule has 0 unspecified atom stereocenters. The van der Waals surface area contributed by atoms with Crippen LogP contribution in [0.4, 0.5) is 0 Å². The normalized spacial score (nSPS) is 11.3. The van der Waals surface area contributed by atoms with Gasteiger partial charge in [-0.3, -0.25) is 4.79 Å². The SMILES string of the molecule is CC(C)OCCNC(=O)c1cc(Br)cn1C(C)C. The van der Waals surface area contributed by atoms with Crippen LogP contribution < -0.4 is 5.32 Å². The van der Waals surface area contributed by atoms with Crippen molar-refractivity contribution in [2.24, 2.45) is 0 Å². The lowest BCUT2D eigenvalue weighted by Gasteiger charge is -2.13. The van der Waals surface area contributed by atoms with Crippen molar-refractivity contribution in [1.29, 1.82) is 0 Å². The second-order valence-electron chi connectivity index (χ2n) is 4.72. The topological polar surface area (TPSA) is 43.3 Å². The number of rotatable bonds is 6. The summed E-state index contributed by atoms with van der Waals surface area (Å²) in [5.74, 6) is -0.0678. The number of nitrogens with one attached hydrogen (secondary N) is 1. The van der Waals surface area contributed by atoms with Crippen LogP contribution in [0.1, 0.15) is 44.2 Å². The number of amides is 1. The second kappa shape index (κ2) is 6.95. The molecule has 0 radical (unpaired) electrons. The van der Waals surface area contributed by atoms with Crippen LogP contribution >= 0.6 is 15.9 Å². The standard InChI is InChI=1S/C13H21BrN2O2/c1-9(2)16-8-11(14)7-12(16)13(17)15-5-6-18-10(3)4/h7-10H,5-6H2,1-4H3,(H,15,17). The van der Waals surface area contributed by atoms with Crippen molar-refractivity contribution in [3.05, 3.63) is 22.4 Å². The second-order valence-corrected chi connectivity index (χ2v) is 5.64. The van der Waals surface area contributed by atoms with Crippen molar-refractivity contribution in [1.82, 2.24) is 9.88 Å². The lowest BCUT2D eigenvalue weighted by atomic mass is 10.3. The number of carbonyl (C=O) groups excluding carboxylic acids is 1. The Morgan fingerprint density at radius 3 is 2.67 bits per heavy atom. The van der Waals surface area contributed by atoms with Crippen LogP contribution in [0.5, 0.6) is 0 Å². The third-order valence-electron chi connectivity index (χ3n) is 2.44. The third-order valence-corrected chi connectivity index (χ3v) is 2.88. The first-order chi connectivity index (χ1) is 8.41. The van der Waals surface area contributed by atoms with Gasteiger partial charge in [-0.25, -0.2) is 0 Å². The van der Waals surface area contributed by atoms with Crippen molar-refractivity contribution in [3.63, 3.8) is 0 Å². The van der Waals surface area contributed by atoms with Crippen molar-refractivity contribution >= 4 is 21.8 Å². The summed E-state index contributed by atoms with van der Waals surface area (Å²) in [6.07, 6.45) is 2.11. The number of halogens is 1. The van der Waals surface area contributed by atoms with E-state index in [1.165, 1.54) is 0 Å². The Bertz CT molecular complexity index is 400. The first kappa shape index (κ1) is 15.2. The predicted molar refractivity (Wildman–Crippen MR) is 75.9 cm³/mol. The highest BCUT2D eigenvalue weighted by molar-refractivity contribution is 9.10. The van der Waals surface area contributed by atoms with E-state index < -0.39 is 0 Å². The Labute approximate surface area is 117 Å². The van der Waals surface area contributed by atoms with Gasteiger partial charge in [0.1, 0.15) is 5.69 Å². The van der Waals surface area contributed by atoms with Gasteiger partial charge >= 0.3 is 0 Å². The molecule has 1 N–H and O–H groups in total. The van der Waals surface area contributed by atoms with Crippen molar-refractivity contribution < 1.29 is 9.53 Å². The molecular formula is C13H21BrN2O2. The van der Waals surface area contributed by atoms with Crippen LogP contribution in [0.25, 0.3) is 0 Å². The number of carbonyl (C=O) groups is 1. The molecular weight excluding hydrogens is 296 g/mol. The molecule has 1 rings (SSSR count). The molecule has 0 bridgehead atoms. The minimum absolute atomic E-state index is 0.0678. The van der Waals surface area contributed by atoms with Crippen LogP contribution in [0.3, 0.4) is 0 Å². The van der Waals surface area contributed by atoms with E-state index in [4.69, 9.17) is 4.74 Å². The van der Waals surface area contributed by atoms with E-state index >= 15 is 0 Å². The van der Waals surface area contributed by atoms with Gasteiger partial charge in [0.2, 0.25) is 0 Å². The van der Waals surface area contributed by atoms with Gasteiger partial charge in [0, 0.05) is 23.3 Å². The quantitative estimate of drug-likeness (QED) is 0.820. The largest absolute Gasteiger partial charge is 0.377 e. The van der Waals surface area contributed by atoms with E-state index in [2.05, 4.69) is 21.2 Å². The zero-order valence-electron chi connectivity index (χ0n) is 11.4. The van der Waals surface area contributed by atoms with E-state index in [-0.39, 0.29) is 18.1 Å². The first-order valence-electron chi connectivity index (χ1n) is 6.19. The number of hydrogen-bond acceptors (Lipinski definition) is 2. The lowest BCUT2D eigenvalue weighted by Crippen LogP contribution is -2.30. The molecule has 1 heterocycles. The van der Waals surface area contributed by atoms with Gasteiger partial charge in [-0.1, -0.05) is 0 Å². The highest BCUT2D eigenvalue weighted by Crippen LogP contribution is 2.19. The van der Waals surface area contributed by atoms with E-state index in [0.29, 0.717) is 18.8 Å². The maximum absolute atomic E-state index is 12.0. The summed E-state index contributed by atoms with van der Waals surface area (Å²) in [5, 5.41) is 2.86. The molecule has 0 spiro atoms. The van der Waals surface area contributed by atoms with Gasteiger partial charge in [0.05, 0.1) is 12.7 Å². The van der Waals surface area contributed by atoms with Gasteiger partial charge < -0.3 is 14.6 Å². The molecule has 0 aliphatic rings. The van der Waals surface area contributed by atoms with Crippen LogP contribution in [-0.2, 0) is 4.74 Å². The Morgan fingerprint density at radius 1 is 1.44 bits per heavy atom. The van der Waals surface area contributed by atoms with Gasteiger partial charge in [0.15, 0.2) is 0 Å². The first-order valence-corrected chi connectivity index (χ1v) is 6.98. The van der Waals surface area contributed by atoms with Crippen molar-refractivity contribution in [2.45, 2.75) is 39.8 Å². The molecule has 1 aromatic heterocycles. The van der Waals surface area contributed by atoms with Gasteiger partial charge in [-0.15, -0.1) is 0 Å². The molecule has 5 heteroatoms. The van der Waals surface area contributed by atoms with Crippen molar-refractivity contribution in [2.75, 3.05) is 13.2 Å². The summed E-state index contributed by atoms with van der Waals surface area (Å²) in [6.45, 7) is 9.10. The summed E-state index contributed by atoms with van der Waals surface area (Å²) in [6, 6.07) is 2.09. The Kier molecular flexibility index (Phi) is 5.88. The predicted octanol–water partition coefficient (Wildman–Crippen LogP) is 2.99. The van der Waals surface area contributed by atoms with Crippen LogP contribution in [0, 0.1) is 0 Å².